The molecule has 0 fully saturated rings. The van der Waals surface area contributed by atoms with Crippen molar-refractivity contribution in [2.75, 3.05) is 6.54 Å². The zero-order chi connectivity index (χ0) is 32.0. The highest BCUT2D eigenvalue weighted by atomic mass is 15.0. The highest BCUT2D eigenvalue weighted by Gasteiger charge is 2.18. The van der Waals surface area contributed by atoms with E-state index in [1.165, 1.54) is 60.4 Å². The summed E-state index contributed by atoms with van der Waals surface area (Å²) in [4.78, 5) is 9.07. The van der Waals surface area contributed by atoms with E-state index in [0.29, 0.717) is 5.92 Å². The molecule has 9 rings (SSSR count). The zero-order valence-corrected chi connectivity index (χ0v) is 26.8. The molecule has 1 atom stereocenters. The third-order valence-corrected chi connectivity index (χ3v) is 9.84. The van der Waals surface area contributed by atoms with E-state index in [9.17, 15) is 0 Å². The van der Waals surface area contributed by atoms with Crippen molar-refractivity contribution < 1.29 is 0 Å². The first-order valence-corrected chi connectivity index (χ1v) is 16.7. The van der Waals surface area contributed by atoms with Crippen molar-refractivity contribution in [3.05, 3.63) is 157 Å². The number of aromatic nitrogens is 2. The number of hydrogen-bond acceptors (Lipinski definition) is 3. The Morgan fingerprint density at radius 1 is 0.688 bits per heavy atom. The van der Waals surface area contributed by atoms with Gasteiger partial charge in [0, 0.05) is 58.8 Å². The van der Waals surface area contributed by atoms with Crippen LogP contribution in [0.3, 0.4) is 0 Å². The summed E-state index contributed by atoms with van der Waals surface area (Å²) in [5, 5.41) is 8.17. The summed E-state index contributed by atoms with van der Waals surface area (Å²) in [5.74, 6) is 0.429. The van der Waals surface area contributed by atoms with Crippen molar-refractivity contribution in [2.45, 2.75) is 13.3 Å². The van der Waals surface area contributed by atoms with E-state index in [-0.39, 0.29) is 0 Å². The number of pyridine rings is 1. The molecule has 2 aromatic heterocycles. The van der Waals surface area contributed by atoms with Crippen molar-refractivity contribution in [1.82, 2.24) is 14.9 Å². The van der Waals surface area contributed by atoms with Gasteiger partial charge >= 0.3 is 0 Å². The predicted octanol–water partition coefficient (Wildman–Crippen LogP) is 10.6. The lowest BCUT2D eigenvalue weighted by molar-refractivity contribution is 0.788. The number of rotatable bonds is 5. The number of fused-ring (bicyclic) bond motifs is 5. The molecule has 7 aromatic rings. The lowest BCUT2D eigenvalue weighted by Crippen LogP contribution is -2.08. The topological polar surface area (TPSA) is 42.2 Å². The van der Waals surface area contributed by atoms with Gasteiger partial charge in [0.15, 0.2) is 0 Å². The van der Waals surface area contributed by atoms with E-state index in [1.54, 1.807) is 0 Å². The van der Waals surface area contributed by atoms with Crippen LogP contribution in [0.25, 0.3) is 71.7 Å². The average Bonchev–Trinajstić information content (AvgIpc) is 3.50. The summed E-state index contributed by atoms with van der Waals surface area (Å²) in [6.45, 7) is 3.11. The maximum absolute atomic E-state index is 4.64. The Bertz CT molecular complexity index is 2480. The van der Waals surface area contributed by atoms with Crippen LogP contribution in [0.5, 0.6) is 0 Å². The Hall–Kier alpha value is -6.00. The third-order valence-electron chi connectivity index (χ3n) is 9.84. The second kappa shape index (κ2) is 11.7. The molecule has 0 radical (unpaired) electrons. The van der Waals surface area contributed by atoms with Gasteiger partial charge in [0.05, 0.1) is 11.0 Å². The van der Waals surface area contributed by atoms with Crippen molar-refractivity contribution in [3.8, 4) is 27.9 Å². The lowest BCUT2D eigenvalue weighted by atomic mass is 9.91. The van der Waals surface area contributed by atoms with Crippen LogP contribution >= 0.6 is 0 Å². The molecule has 1 unspecified atom stereocenters. The quantitative estimate of drug-likeness (QED) is 0.209. The number of nitrogens with one attached hydrogen (secondary N) is 1. The van der Waals surface area contributed by atoms with Gasteiger partial charge in [-0.15, -0.1) is 0 Å². The fraction of sp³-hybridized carbons (Fsp3) is 0.0909. The number of dihydropyridines is 1. The second-order valence-electron chi connectivity index (χ2n) is 12.8. The molecule has 0 aliphatic carbocycles. The molecule has 2 aliphatic rings. The molecule has 4 heterocycles. The minimum absolute atomic E-state index is 0.429. The molecule has 0 spiro atoms. The van der Waals surface area contributed by atoms with Gasteiger partial charge < -0.3 is 9.88 Å². The first-order valence-electron chi connectivity index (χ1n) is 16.7. The molecule has 1 N–H and O–H groups in total. The highest BCUT2D eigenvalue weighted by Crippen LogP contribution is 2.40. The van der Waals surface area contributed by atoms with E-state index in [4.69, 9.17) is 0 Å². The van der Waals surface area contributed by atoms with Gasteiger partial charge in [0.2, 0.25) is 0 Å². The van der Waals surface area contributed by atoms with Crippen LogP contribution in [0.4, 0.5) is 0 Å². The first-order chi connectivity index (χ1) is 23.7. The number of para-hydroxylation sites is 1. The van der Waals surface area contributed by atoms with Crippen molar-refractivity contribution in [2.24, 2.45) is 10.9 Å². The number of nitrogens with zero attached hydrogens (tertiary/aromatic N) is 3. The monoisotopic (exact) mass is 618 g/mol. The van der Waals surface area contributed by atoms with Crippen LogP contribution in [0, 0.1) is 5.92 Å². The molecule has 48 heavy (non-hydrogen) atoms. The standard InChI is InChI=1S/C44H34N4/c1-29-17-20-46-28-42(29)37-24-36(26-47-27-37)33-11-14-39-35(23-33)13-16-41-40-15-12-34(25-43(40)48(44(39)41)38-5-3-2-4-6-38)31-9-7-30(8-10-31)32-18-21-45-22-19-32/h2-16,18-21,23-29,45H,17,22H2,1H3. The molecular weight excluding hydrogens is 585 g/mol. The molecule has 5 aromatic carbocycles. The lowest BCUT2D eigenvalue weighted by Gasteiger charge is -2.17. The van der Waals surface area contributed by atoms with Gasteiger partial charge in [-0.3, -0.25) is 9.98 Å². The fourth-order valence-electron chi connectivity index (χ4n) is 7.28. The molecule has 0 saturated carbocycles. The van der Waals surface area contributed by atoms with Crippen LogP contribution in [-0.4, -0.2) is 22.3 Å². The summed E-state index contributed by atoms with van der Waals surface area (Å²) in [6, 6.07) is 40.2. The van der Waals surface area contributed by atoms with Crippen molar-refractivity contribution >= 4 is 49.9 Å². The number of benzene rings is 5. The molecule has 0 amide bonds. The molecule has 2 aliphatic heterocycles. The number of hydrogen-bond donors (Lipinski definition) is 1. The number of allylic oxidation sites excluding steroid dienone is 3. The Morgan fingerprint density at radius 2 is 1.44 bits per heavy atom. The van der Waals surface area contributed by atoms with E-state index >= 15 is 0 Å². The predicted molar refractivity (Wildman–Crippen MR) is 202 cm³/mol. The van der Waals surface area contributed by atoms with E-state index in [2.05, 4.69) is 148 Å². The normalized spacial score (nSPS) is 15.9. The largest absolute Gasteiger partial charge is 0.387 e. The SMILES string of the molecule is CC1CC=NC=C1c1cncc(-c2ccc3c(ccc4c5ccc(-c6ccc(C7=CCNC=C7)cc6)cc5n(-c5ccccc5)c34)c2)c1. The average molecular weight is 619 g/mol. The Kier molecular flexibility index (Phi) is 6.86. The van der Waals surface area contributed by atoms with Gasteiger partial charge in [0.25, 0.3) is 0 Å². The van der Waals surface area contributed by atoms with Crippen LogP contribution in [0.1, 0.15) is 24.5 Å². The maximum Gasteiger partial charge on any atom is 0.0619 e. The van der Waals surface area contributed by atoms with Gasteiger partial charge in [-0.25, -0.2) is 0 Å². The minimum Gasteiger partial charge on any atom is -0.387 e. The summed E-state index contributed by atoms with van der Waals surface area (Å²) in [6.07, 6.45) is 15.2. The maximum atomic E-state index is 4.64. The van der Waals surface area contributed by atoms with Crippen molar-refractivity contribution in [3.63, 3.8) is 0 Å². The second-order valence-corrected chi connectivity index (χ2v) is 12.8. The van der Waals surface area contributed by atoms with Crippen LogP contribution < -0.4 is 5.32 Å². The third kappa shape index (κ3) is 4.85. The van der Waals surface area contributed by atoms with Crippen LogP contribution in [-0.2, 0) is 0 Å². The smallest absolute Gasteiger partial charge is 0.0619 e. The first kappa shape index (κ1) is 28.2. The van der Waals surface area contributed by atoms with Crippen molar-refractivity contribution in [1.29, 1.82) is 0 Å². The Morgan fingerprint density at radius 3 is 2.25 bits per heavy atom. The highest BCUT2D eigenvalue weighted by molar-refractivity contribution is 6.19. The van der Waals surface area contributed by atoms with E-state index in [0.717, 1.165) is 35.3 Å². The summed E-state index contributed by atoms with van der Waals surface area (Å²) < 4.78 is 2.44. The van der Waals surface area contributed by atoms with E-state index < -0.39 is 0 Å². The molecule has 4 heteroatoms. The van der Waals surface area contributed by atoms with Gasteiger partial charge in [-0.1, -0.05) is 91.9 Å². The minimum atomic E-state index is 0.429. The molecule has 0 saturated heterocycles. The molecule has 4 nitrogen and oxygen atoms in total. The summed E-state index contributed by atoms with van der Waals surface area (Å²) in [7, 11) is 0. The van der Waals surface area contributed by atoms with Gasteiger partial charge in [-0.05, 0) is 99.3 Å². The van der Waals surface area contributed by atoms with Crippen LogP contribution in [0.15, 0.2) is 151 Å². The Labute approximate surface area is 280 Å². The number of aliphatic imine (C=N–C) groups is 1. The van der Waals surface area contributed by atoms with Gasteiger partial charge in [0.1, 0.15) is 0 Å². The van der Waals surface area contributed by atoms with E-state index in [1.807, 2.05) is 31.0 Å². The fourth-order valence-corrected chi connectivity index (χ4v) is 7.28. The summed E-state index contributed by atoms with van der Waals surface area (Å²) in [5.41, 5.74) is 13.1. The van der Waals surface area contributed by atoms with Gasteiger partial charge in [-0.2, -0.15) is 0 Å². The molecule has 0 bridgehead atoms. The summed E-state index contributed by atoms with van der Waals surface area (Å²) >= 11 is 0. The zero-order valence-electron chi connectivity index (χ0n) is 26.8. The Balaban J connectivity index is 1.18. The van der Waals surface area contributed by atoms with Crippen LogP contribution in [0.2, 0.25) is 0 Å². The molecule has 230 valence electrons. The molecular formula is C44H34N4.